The van der Waals surface area contributed by atoms with Crippen LogP contribution in [0.1, 0.15) is 6.42 Å². The fraction of sp³-hybridized carbons (Fsp3) is 0.125. The third-order valence-electron chi connectivity index (χ3n) is 0.745. The van der Waals surface area contributed by atoms with Gasteiger partial charge in [0.2, 0.25) is 0 Å². The van der Waals surface area contributed by atoms with Gasteiger partial charge in [-0.2, -0.15) is 0 Å². The second-order valence-corrected chi connectivity index (χ2v) is 2.62. The van der Waals surface area contributed by atoms with E-state index in [1.165, 1.54) is 0 Å². The molecule has 2 heteroatoms. The second-order valence-electron chi connectivity index (χ2n) is 1.60. The second kappa shape index (κ2) is 6.49. The third kappa shape index (κ3) is 5.51. The van der Waals surface area contributed by atoms with E-state index in [1.807, 2.05) is 6.08 Å². The van der Waals surface area contributed by atoms with Crippen LogP contribution in [-0.4, -0.2) is 6.21 Å². The molecule has 0 aliphatic heterocycles. The first-order valence-corrected chi connectivity index (χ1v) is 3.70. The summed E-state index contributed by atoms with van der Waals surface area (Å²) < 4.78 is 1.01. The van der Waals surface area contributed by atoms with Gasteiger partial charge in [-0.15, -0.1) is 6.58 Å². The van der Waals surface area contributed by atoms with Crippen LogP contribution in [0.4, 0.5) is 0 Å². The molecule has 0 unspecified atom stereocenters. The highest BCUT2D eigenvalue weighted by atomic mass is 79.9. The topological polar surface area (TPSA) is 12.4 Å². The lowest BCUT2D eigenvalue weighted by Gasteiger charge is -1.86. The highest BCUT2D eigenvalue weighted by Gasteiger charge is 1.82. The number of aliphatic imine (C=N–C) groups is 1. The Morgan fingerprint density at radius 2 is 2.20 bits per heavy atom. The smallest absolute Gasteiger partial charge is 0.0372 e. The summed E-state index contributed by atoms with van der Waals surface area (Å²) >= 11 is 3.31. The molecule has 0 spiro atoms. The lowest BCUT2D eigenvalue weighted by Crippen LogP contribution is -1.65. The first kappa shape index (κ1) is 9.37. The van der Waals surface area contributed by atoms with E-state index < -0.39 is 0 Å². The zero-order chi connectivity index (χ0) is 7.82. The molecular weight excluding hydrogens is 190 g/mol. The number of hydrogen-bond acceptors (Lipinski definition) is 1. The highest BCUT2D eigenvalue weighted by Crippen LogP contribution is 2.09. The number of allylic oxidation sites excluding steroid dienone is 3. The van der Waals surface area contributed by atoms with Gasteiger partial charge in [0.1, 0.15) is 0 Å². The van der Waals surface area contributed by atoms with Gasteiger partial charge in [0.15, 0.2) is 0 Å². The van der Waals surface area contributed by atoms with E-state index >= 15 is 0 Å². The van der Waals surface area contributed by atoms with Gasteiger partial charge in [-0.05, 0) is 6.42 Å². The molecule has 0 aliphatic carbocycles. The van der Waals surface area contributed by atoms with Crippen molar-refractivity contribution in [2.45, 2.75) is 6.42 Å². The van der Waals surface area contributed by atoms with Crippen molar-refractivity contribution in [3.63, 3.8) is 0 Å². The average molecular weight is 200 g/mol. The van der Waals surface area contributed by atoms with Gasteiger partial charge < -0.3 is 0 Å². The molecule has 0 rings (SSSR count). The Morgan fingerprint density at radius 1 is 1.50 bits per heavy atom. The SMILES string of the molecule is C=CC=N/C=C(/Br)CC=C. The Kier molecular flexibility index (Phi) is 6.08. The fourth-order valence-electron chi connectivity index (χ4n) is 0.375. The van der Waals surface area contributed by atoms with Gasteiger partial charge in [-0.25, -0.2) is 0 Å². The largest absolute Gasteiger partial charge is 0.264 e. The van der Waals surface area contributed by atoms with Crippen LogP contribution in [0.3, 0.4) is 0 Å². The molecule has 0 saturated carbocycles. The summed E-state index contributed by atoms with van der Waals surface area (Å²) in [6.07, 6.45) is 7.61. The van der Waals surface area contributed by atoms with E-state index in [2.05, 4.69) is 34.1 Å². The molecule has 54 valence electrons. The van der Waals surface area contributed by atoms with Crippen LogP contribution in [-0.2, 0) is 0 Å². The molecule has 0 bridgehead atoms. The molecule has 0 heterocycles. The van der Waals surface area contributed by atoms with Crippen LogP contribution < -0.4 is 0 Å². The van der Waals surface area contributed by atoms with Crippen LogP contribution in [0.5, 0.6) is 0 Å². The summed E-state index contributed by atoms with van der Waals surface area (Å²) in [6, 6.07) is 0. The van der Waals surface area contributed by atoms with Crippen LogP contribution >= 0.6 is 15.9 Å². The molecule has 0 aromatic rings. The number of rotatable bonds is 4. The van der Waals surface area contributed by atoms with Gasteiger partial charge in [0, 0.05) is 16.9 Å². The average Bonchev–Trinajstić information content (AvgIpc) is 1.89. The van der Waals surface area contributed by atoms with Gasteiger partial charge >= 0.3 is 0 Å². The van der Waals surface area contributed by atoms with Crippen molar-refractivity contribution in [2.24, 2.45) is 4.99 Å². The minimum atomic E-state index is 0.814. The minimum Gasteiger partial charge on any atom is -0.264 e. The predicted octanol–water partition coefficient (Wildman–Crippen LogP) is 3.06. The number of hydrogen-bond donors (Lipinski definition) is 0. The summed E-state index contributed by atoms with van der Waals surface area (Å²) in [7, 11) is 0. The maximum absolute atomic E-state index is 3.91. The predicted molar refractivity (Wildman–Crippen MR) is 50.5 cm³/mol. The molecule has 0 saturated heterocycles. The fourth-order valence-corrected chi connectivity index (χ4v) is 0.722. The maximum Gasteiger partial charge on any atom is 0.0372 e. The molecule has 1 nitrogen and oxygen atoms in total. The van der Waals surface area contributed by atoms with Gasteiger partial charge in [0.05, 0.1) is 0 Å². The molecule has 0 fully saturated rings. The molecule has 0 amide bonds. The van der Waals surface area contributed by atoms with Crippen molar-refractivity contribution in [2.75, 3.05) is 0 Å². The van der Waals surface area contributed by atoms with Crippen molar-refractivity contribution in [1.82, 2.24) is 0 Å². The molecule has 0 aliphatic rings. The minimum absolute atomic E-state index is 0.814. The van der Waals surface area contributed by atoms with E-state index in [1.54, 1.807) is 18.5 Å². The Morgan fingerprint density at radius 3 is 2.70 bits per heavy atom. The summed E-state index contributed by atoms with van der Waals surface area (Å²) in [4.78, 5) is 3.91. The van der Waals surface area contributed by atoms with Crippen molar-refractivity contribution < 1.29 is 0 Å². The van der Waals surface area contributed by atoms with Crippen LogP contribution in [0, 0.1) is 0 Å². The van der Waals surface area contributed by atoms with E-state index in [0.717, 1.165) is 10.9 Å². The quantitative estimate of drug-likeness (QED) is 0.488. The molecular formula is C8H10BrN. The lowest BCUT2D eigenvalue weighted by molar-refractivity contribution is 1.35. The Hall–Kier alpha value is -0.630. The van der Waals surface area contributed by atoms with Crippen LogP contribution in [0.25, 0.3) is 0 Å². The van der Waals surface area contributed by atoms with E-state index in [4.69, 9.17) is 0 Å². The summed E-state index contributed by atoms with van der Waals surface area (Å²) in [5.41, 5.74) is 0. The molecule has 0 radical (unpaired) electrons. The van der Waals surface area contributed by atoms with Gasteiger partial charge in [0.25, 0.3) is 0 Å². The lowest BCUT2D eigenvalue weighted by atomic mass is 10.4. The molecule has 0 aromatic carbocycles. The van der Waals surface area contributed by atoms with Gasteiger partial charge in [-0.3, -0.25) is 4.99 Å². The first-order valence-electron chi connectivity index (χ1n) is 2.91. The van der Waals surface area contributed by atoms with E-state index in [0.29, 0.717) is 0 Å². The van der Waals surface area contributed by atoms with E-state index in [9.17, 15) is 0 Å². The maximum atomic E-state index is 3.91. The highest BCUT2D eigenvalue weighted by molar-refractivity contribution is 9.11. The van der Waals surface area contributed by atoms with E-state index in [-0.39, 0.29) is 0 Å². The standard InChI is InChI=1S/C8H10BrN/c1-3-5-8(9)7-10-6-4-2/h3-4,6-7H,1-2,5H2/b8-7+,10-6?. The Balaban J connectivity index is 3.77. The molecule has 0 aromatic heterocycles. The van der Waals surface area contributed by atoms with Crippen molar-refractivity contribution in [3.8, 4) is 0 Å². The van der Waals surface area contributed by atoms with Crippen molar-refractivity contribution >= 4 is 22.1 Å². The zero-order valence-corrected chi connectivity index (χ0v) is 7.34. The van der Waals surface area contributed by atoms with Gasteiger partial charge in [-0.1, -0.05) is 34.7 Å². The number of halogens is 1. The molecule has 0 N–H and O–H groups in total. The van der Waals surface area contributed by atoms with Crippen molar-refractivity contribution in [1.29, 1.82) is 0 Å². The van der Waals surface area contributed by atoms with Crippen LogP contribution in [0.15, 0.2) is 41.0 Å². The molecule has 10 heavy (non-hydrogen) atoms. The third-order valence-corrected chi connectivity index (χ3v) is 1.27. The summed E-state index contributed by atoms with van der Waals surface area (Å²) in [5, 5.41) is 0. The normalized spacial score (nSPS) is 11.9. The monoisotopic (exact) mass is 199 g/mol. The molecule has 0 atom stereocenters. The first-order chi connectivity index (χ1) is 4.81. The van der Waals surface area contributed by atoms with Crippen LogP contribution in [0.2, 0.25) is 0 Å². The zero-order valence-electron chi connectivity index (χ0n) is 5.76. The Labute approximate surface area is 70.0 Å². The Bertz CT molecular complexity index is 168. The summed E-state index contributed by atoms with van der Waals surface area (Å²) in [5.74, 6) is 0. The van der Waals surface area contributed by atoms with Crippen molar-refractivity contribution in [3.05, 3.63) is 36.0 Å². The number of nitrogens with zero attached hydrogens (tertiary/aromatic N) is 1. The summed E-state index contributed by atoms with van der Waals surface area (Å²) in [6.45, 7) is 7.08.